The van der Waals surface area contributed by atoms with Crippen LogP contribution in [0.15, 0.2) is 48.0 Å². The number of aromatic nitrogens is 1. The molecule has 0 spiro atoms. The second-order valence-electron chi connectivity index (χ2n) is 5.03. The van der Waals surface area contributed by atoms with Gasteiger partial charge in [0.25, 0.3) is 0 Å². The summed E-state index contributed by atoms with van der Waals surface area (Å²) in [5.74, 6) is 0. The molecule has 0 saturated carbocycles. The molecule has 0 fully saturated rings. The number of rotatable bonds is 4. The minimum absolute atomic E-state index is 0.322. The fourth-order valence-corrected chi connectivity index (χ4v) is 3.21. The van der Waals surface area contributed by atoms with Crippen LogP contribution < -0.4 is 5.32 Å². The molecule has 1 unspecified atom stereocenters. The molecule has 0 saturated heterocycles. The van der Waals surface area contributed by atoms with Crippen molar-refractivity contribution in [2.75, 3.05) is 0 Å². The highest BCUT2D eigenvalue weighted by atomic mass is 32.1. The second-order valence-corrected chi connectivity index (χ2v) is 5.97. The highest BCUT2D eigenvalue weighted by Crippen LogP contribution is 2.24. The predicted octanol–water partition coefficient (Wildman–Crippen LogP) is 4.46. The molecule has 1 atom stereocenters. The van der Waals surface area contributed by atoms with E-state index in [4.69, 9.17) is 0 Å². The molecule has 3 aromatic rings. The molecule has 0 aliphatic rings. The van der Waals surface area contributed by atoms with E-state index >= 15 is 0 Å². The van der Waals surface area contributed by atoms with Crippen LogP contribution in [0.4, 0.5) is 0 Å². The standard InChI is InChI=1S/C17H18N2S/c1-12(18-10-17-13(2)19-11-20-17)15-9-5-7-14-6-3-4-8-16(14)15/h3-9,11-12,18H,10H2,1-2H3. The van der Waals surface area contributed by atoms with Crippen LogP contribution in [0.2, 0.25) is 0 Å². The first-order chi connectivity index (χ1) is 9.75. The summed E-state index contributed by atoms with van der Waals surface area (Å²) >= 11 is 1.72. The smallest absolute Gasteiger partial charge is 0.0798 e. The Morgan fingerprint density at radius 1 is 1.15 bits per heavy atom. The molecule has 0 radical (unpaired) electrons. The van der Waals surface area contributed by atoms with Gasteiger partial charge in [0, 0.05) is 17.5 Å². The molecule has 0 amide bonds. The third kappa shape index (κ3) is 2.60. The van der Waals surface area contributed by atoms with E-state index in [1.165, 1.54) is 21.2 Å². The van der Waals surface area contributed by atoms with Crippen molar-refractivity contribution in [3.05, 3.63) is 64.1 Å². The molecule has 102 valence electrons. The third-order valence-electron chi connectivity index (χ3n) is 3.70. The first-order valence-corrected chi connectivity index (χ1v) is 7.73. The zero-order chi connectivity index (χ0) is 13.9. The van der Waals surface area contributed by atoms with Gasteiger partial charge in [0.2, 0.25) is 0 Å². The number of fused-ring (bicyclic) bond motifs is 1. The maximum absolute atomic E-state index is 4.30. The van der Waals surface area contributed by atoms with Gasteiger partial charge in [-0.25, -0.2) is 4.98 Å². The number of hydrogen-bond acceptors (Lipinski definition) is 3. The first-order valence-electron chi connectivity index (χ1n) is 6.85. The third-order valence-corrected chi connectivity index (χ3v) is 4.64. The van der Waals surface area contributed by atoms with Crippen LogP contribution in [0.25, 0.3) is 10.8 Å². The van der Waals surface area contributed by atoms with E-state index in [2.05, 4.69) is 66.6 Å². The lowest BCUT2D eigenvalue weighted by atomic mass is 10.00. The van der Waals surface area contributed by atoms with E-state index in [0.717, 1.165) is 12.2 Å². The first kappa shape index (κ1) is 13.3. The van der Waals surface area contributed by atoms with Crippen LogP contribution in [0.3, 0.4) is 0 Å². The number of aryl methyl sites for hydroxylation is 1. The largest absolute Gasteiger partial charge is 0.305 e. The van der Waals surface area contributed by atoms with Gasteiger partial charge in [0.15, 0.2) is 0 Å². The summed E-state index contributed by atoms with van der Waals surface area (Å²) in [5, 5.41) is 6.23. The van der Waals surface area contributed by atoms with Gasteiger partial charge in [-0.2, -0.15) is 0 Å². The Hall–Kier alpha value is -1.71. The van der Waals surface area contributed by atoms with Crippen LogP contribution in [0.5, 0.6) is 0 Å². The Kier molecular flexibility index (Phi) is 3.81. The van der Waals surface area contributed by atoms with E-state index in [1.807, 2.05) is 5.51 Å². The molecule has 0 bridgehead atoms. The Bertz CT molecular complexity index is 712. The van der Waals surface area contributed by atoms with Gasteiger partial charge in [-0.3, -0.25) is 0 Å². The maximum atomic E-state index is 4.30. The maximum Gasteiger partial charge on any atom is 0.0798 e. The predicted molar refractivity (Wildman–Crippen MR) is 86.1 cm³/mol. The fourth-order valence-electron chi connectivity index (χ4n) is 2.48. The van der Waals surface area contributed by atoms with E-state index in [-0.39, 0.29) is 0 Å². The number of thiazole rings is 1. The molecule has 1 aromatic heterocycles. The molecular formula is C17H18N2S. The van der Waals surface area contributed by atoms with Crippen molar-refractivity contribution in [1.82, 2.24) is 10.3 Å². The number of benzene rings is 2. The number of nitrogens with one attached hydrogen (secondary N) is 1. The van der Waals surface area contributed by atoms with E-state index in [0.29, 0.717) is 6.04 Å². The monoisotopic (exact) mass is 282 g/mol. The lowest BCUT2D eigenvalue weighted by Crippen LogP contribution is -2.18. The van der Waals surface area contributed by atoms with Crippen LogP contribution in [-0.4, -0.2) is 4.98 Å². The Labute approximate surface area is 123 Å². The van der Waals surface area contributed by atoms with Gasteiger partial charge in [-0.15, -0.1) is 11.3 Å². The molecule has 2 nitrogen and oxygen atoms in total. The van der Waals surface area contributed by atoms with Gasteiger partial charge < -0.3 is 5.32 Å². The highest BCUT2D eigenvalue weighted by Gasteiger charge is 2.09. The van der Waals surface area contributed by atoms with Crippen molar-refractivity contribution in [3.8, 4) is 0 Å². The molecule has 2 aromatic carbocycles. The average Bonchev–Trinajstić information content (AvgIpc) is 2.89. The number of hydrogen-bond donors (Lipinski definition) is 1. The van der Waals surface area contributed by atoms with E-state index in [9.17, 15) is 0 Å². The summed E-state index contributed by atoms with van der Waals surface area (Å²) in [5.41, 5.74) is 4.40. The quantitative estimate of drug-likeness (QED) is 0.764. The summed E-state index contributed by atoms with van der Waals surface area (Å²) in [6.45, 7) is 5.16. The minimum Gasteiger partial charge on any atom is -0.305 e. The van der Waals surface area contributed by atoms with Gasteiger partial charge in [0.1, 0.15) is 0 Å². The average molecular weight is 282 g/mol. The summed E-state index contributed by atoms with van der Waals surface area (Å²) in [7, 11) is 0. The van der Waals surface area contributed by atoms with Crippen LogP contribution in [0, 0.1) is 6.92 Å². The van der Waals surface area contributed by atoms with Crippen molar-refractivity contribution in [3.63, 3.8) is 0 Å². The zero-order valence-electron chi connectivity index (χ0n) is 11.8. The van der Waals surface area contributed by atoms with Gasteiger partial charge >= 0.3 is 0 Å². The van der Waals surface area contributed by atoms with Gasteiger partial charge in [0.05, 0.1) is 11.2 Å². The second kappa shape index (κ2) is 5.73. The lowest BCUT2D eigenvalue weighted by Gasteiger charge is -2.16. The Balaban J connectivity index is 1.82. The molecule has 0 aliphatic carbocycles. The lowest BCUT2D eigenvalue weighted by molar-refractivity contribution is 0.580. The molecule has 20 heavy (non-hydrogen) atoms. The Morgan fingerprint density at radius 2 is 1.95 bits per heavy atom. The van der Waals surface area contributed by atoms with Gasteiger partial charge in [-0.05, 0) is 30.2 Å². The summed E-state index contributed by atoms with van der Waals surface area (Å²) in [6, 6.07) is 15.4. The SMILES string of the molecule is Cc1ncsc1CNC(C)c1cccc2ccccc12. The van der Waals surface area contributed by atoms with Crippen LogP contribution in [-0.2, 0) is 6.54 Å². The highest BCUT2D eigenvalue weighted by molar-refractivity contribution is 7.09. The zero-order valence-corrected chi connectivity index (χ0v) is 12.6. The summed E-state index contributed by atoms with van der Waals surface area (Å²) in [4.78, 5) is 5.61. The number of nitrogens with zero attached hydrogens (tertiary/aromatic N) is 1. The Morgan fingerprint density at radius 3 is 2.75 bits per heavy atom. The molecular weight excluding hydrogens is 264 g/mol. The normalized spacial score (nSPS) is 12.7. The van der Waals surface area contributed by atoms with Crippen molar-refractivity contribution in [2.45, 2.75) is 26.4 Å². The molecule has 0 aliphatic heterocycles. The van der Waals surface area contributed by atoms with Crippen LogP contribution >= 0.6 is 11.3 Å². The van der Waals surface area contributed by atoms with Crippen LogP contribution in [0.1, 0.15) is 29.1 Å². The van der Waals surface area contributed by atoms with Crippen molar-refractivity contribution in [2.24, 2.45) is 0 Å². The summed E-state index contributed by atoms with van der Waals surface area (Å²) in [6.07, 6.45) is 0. The minimum atomic E-state index is 0.322. The van der Waals surface area contributed by atoms with Crippen molar-refractivity contribution in [1.29, 1.82) is 0 Å². The molecule has 1 N–H and O–H groups in total. The fraction of sp³-hybridized carbons (Fsp3) is 0.235. The van der Waals surface area contributed by atoms with Crippen molar-refractivity contribution >= 4 is 22.1 Å². The molecule has 1 heterocycles. The van der Waals surface area contributed by atoms with E-state index < -0.39 is 0 Å². The molecule has 3 heteroatoms. The topological polar surface area (TPSA) is 24.9 Å². The van der Waals surface area contributed by atoms with Gasteiger partial charge in [-0.1, -0.05) is 42.5 Å². The molecule has 3 rings (SSSR count). The van der Waals surface area contributed by atoms with Crippen molar-refractivity contribution < 1.29 is 0 Å². The summed E-state index contributed by atoms with van der Waals surface area (Å²) < 4.78 is 0. The van der Waals surface area contributed by atoms with E-state index in [1.54, 1.807) is 11.3 Å².